The van der Waals surface area contributed by atoms with E-state index in [2.05, 4.69) is 237 Å². The second kappa shape index (κ2) is 13.3. The summed E-state index contributed by atoms with van der Waals surface area (Å²) in [5, 5.41) is 0. The lowest BCUT2D eigenvalue weighted by molar-refractivity contribution is 0.659. The van der Waals surface area contributed by atoms with Crippen LogP contribution in [-0.2, 0) is 21.7 Å². The first kappa shape index (κ1) is 39.4. The zero-order valence-electron chi connectivity index (χ0n) is 39.3. The van der Waals surface area contributed by atoms with Crippen LogP contribution in [0.15, 0.2) is 182 Å². The topological polar surface area (TPSA) is 0 Å². The van der Waals surface area contributed by atoms with Crippen LogP contribution in [-0.4, -0.2) is 0 Å². The Morgan fingerprint density at radius 3 is 0.621 bits per heavy atom. The highest BCUT2D eigenvalue weighted by atomic mass is 14.4. The SMILES string of the molecule is CC1(C)c2ccccc2-c2ccc(-c3ccc(-c4ccc5c(c4)C(C)(C)c4cc(-c6ccc7c(c6)C(C)(C)c6cc(-c8ccc9c(c8)C(C)(C)c8ccccc8-9)ccc6-7)ccc4-5)cc3)cc21. The van der Waals surface area contributed by atoms with Crippen LogP contribution < -0.4 is 0 Å². The molecule has 0 unspecified atom stereocenters. The molecule has 0 nitrogen and oxygen atoms in total. The fourth-order valence-corrected chi connectivity index (χ4v) is 12.8. The van der Waals surface area contributed by atoms with Gasteiger partial charge in [-0.25, -0.2) is 0 Å². The van der Waals surface area contributed by atoms with E-state index in [-0.39, 0.29) is 21.7 Å². The number of benzene rings is 9. The first-order valence-corrected chi connectivity index (χ1v) is 23.9. The van der Waals surface area contributed by atoms with E-state index in [1.807, 2.05) is 0 Å². The molecule has 0 amide bonds. The molecule has 0 atom stereocenters. The van der Waals surface area contributed by atoms with Crippen molar-refractivity contribution in [3.05, 3.63) is 226 Å². The molecule has 0 aromatic heterocycles. The van der Waals surface area contributed by atoms with Gasteiger partial charge in [0.05, 0.1) is 0 Å². The number of fused-ring (bicyclic) bond motifs is 12. The average Bonchev–Trinajstić information content (AvgIpc) is 3.90. The first-order valence-electron chi connectivity index (χ1n) is 23.9. The second-order valence-electron chi connectivity index (χ2n) is 21.7. The molecule has 9 aromatic carbocycles. The molecule has 4 aliphatic rings. The van der Waals surface area contributed by atoms with E-state index in [0.717, 1.165) is 0 Å². The van der Waals surface area contributed by atoms with Crippen molar-refractivity contribution in [2.75, 3.05) is 0 Å². The van der Waals surface area contributed by atoms with Gasteiger partial charge in [0.2, 0.25) is 0 Å². The third kappa shape index (κ3) is 5.33. The quantitative estimate of drug-likeness (QED) is 0.166. The van der Waals surface area contributed by atoms with Gasteiger partial charge in [0.15, 0.2) is 0 Å². The fraction of sp³-hybridized carbons (Fsp3) is 0.182. The van der Waals surface area contributed by atoms with Crippen LogP contribution in [0.5, 0.6) is 0 Å². The van der Waals surface area contributed by atoms with E-state index in [1.54, 1.807) is 0 Å². The number of hydrogen-bond donors (Lipinski definition) is 0. The van der Waals surface area contributed by atoms with Crippen molar-refractivity contribution in [3.63, 3.8) is 0 Å². The summed E-state index contributed by atoms with van der Waals surface area (Å²) >= 11 is 0. The second-order valence-corrected chi connectivity index (χ2v) is 21.7. The van der Waals surface area contributed by atoms with Gasteiger partial charge in [-0.1, -0.05) is 201 Å². The molecule has 0 heteroatoms. The summed E-state index contributed by atoms with van der Waals surface area (Å²) in [6.07, 6.45) is 0. The van der Waals surface area contributed by atoms with Crippen LogP contribution >= 0.6 is 0 Å². The Balaban J connectivity index is 0.778. The van der Waals surface area contributed by atoms with Crippen molar-refractivity contribution in [2.45, 2.75) is 77.0 Å². The van der Waals surface area contributed by atoms with Crippen LogP contribution in [0.4, 0.5) is 0 Å². The minimum atomic E-state index is -0.135. The Kier molecular flexibility index (Phi) is 7.93. The summed E-state index contributed by atoms with van der Waals surface area (Å²) in [5.41, 5.74) is 32.0. The lowest BCUT2D eigenvalue weighted by Gasteiger charge is -2.24. The molecule has 0 heterocycles. The van der Waals surface area contributed by atoms with Crippen LogP contribution in [0, 0.1) is 0 Å². The Bertz CT molecular complexity index is 3560. The molecule has 0 bridgehead atoms. The standard InChI is InChI=1S/C66H54/c1-63(2)55-15-11-9-13-47(55)49-27-21-41(33-57(49)63)39-17-19-40(20-18-39)42-22-28-51-52-30-25-45(37-60(52)65(5,6)59(51)34-42)46-26-32-54-53-31-24-44(36-61(53)66(7,8)62(54)38-46)43-23-29-50-48-14-10-12-16-56(48)64(3,4)58(50)35-43/h9-38H,1-8H3. The molecule has 66 heavy (non-hydrogen) atoms. The summed E-state index contributed by atoms with van der Waals surface area (Å²) < 4.78 is 0. The maximum absolute atomic E-state index is 2.48. The Hall–Kier alpha value is -7.02. The summed E-state index contributed by atoms with van der Waals surface area (Å²) in [7, 11) is 0. The van der Waals surface area contributed by atoms with Crippen molar-refractivity contribution < 1.29 is 0 Å². The zero-order chi connectivity index (χ0) is 45.1. The van der Waals surface area contributed by atoms with Gasteiger partial charge in [0.1, 0.15) is 0 Å². The van der Waals surface area contributed by atoms with E-state index in [1.165, 1.54) is 134 Å². The van der Waals surface area contributed by atoms with Crippen molar-refractivity contribution in [1.82, 2.24) is 0 Å². The molecule has 4 aliphatic carbocycles. The van der Waals surface area contributed by atoms with Crippen LogP contribution in [0.3, 0.4) is 0 Å². The zero-order valence-corrected chi connectivity index (χ0v) is 39.3. The van der Waals surface area contributed by atoms with Gasteiger partial charge in [-0.15, -0.1) is 0 Å². The highest BCUT2D eigenvalue weighted by molar-refractivity contribution is 5.90. The third-order valence-electron chi connectivity index (χ3n) is 16.7. The highest BCUT2D eigenvalue weighted by Crippen LogP contribution is 2.55. The Morgan fingerprint density at radius 1 is 0.182 bits per heavy atom. The molecule has 0 saturated heterocycles. The Morgan fingerprint density at radius 2 is 0.364 bits per heavy atom. The van der Waals surface area contributed by atoms with Crippen molar-refractivity contribution in [3.8, 4) is 89.0 Å². The van der Waals surface area contributed by atoms with E-state index >= 15 is 0 Å². The monoisotopic (exact) mass is 846 g/mol. The average molecular weight is 847 g/mol. The maximum Gasteiger partial charge on any atom is 0.0159 e. The minimum absolute atomic E-state index is 0.0100. The third-order valence-corrected chi connectivity index (χ3v) is 16.7. The van der Waals surface area contributed by atoms with E-state index in [9.17, 15) is 0 Å². The van der Waals surface area contributed by atoms with Crippen LogP contribution in [0.25, 0.3) is 89.0 Å². The largest absolute Gasteiger partial charge is 0.0619 e. The molecule has 0 radical (unpaired) electrons. The highest BCUT2D eigenvalue weighted by Gasteiger charge is 2.40. The molecule has 0 spiro atoms. The molecular formula is C66H54. The summed E-state index contributed by atoms with van der Waals surface area (Å²) in [4.78, 5) is 0. The predicted molar refractivity (Wildman–Crippen MR) is 278 cm³/mol. The molecular weight excluding hydrogens is 793 g/mol. The fourth-order valence-electron chi connectivity index (χ4n) is 12.8. The summed E-state index contributed by atoms with van der Waals surface area (Å²) in [5.74, 6) is 0. The molecule has 0 saturated carbocycles. The molecule has 9 aromatic rings. The predicted octanol–water partition coefficient (Wildman–Crippen LogP) is 17.6. The van der Waals surface area contributed by atoms with Gasteiger partial charge < -0.3 is 0 Å². The van der Waals surface area contributed by atoms with Crippen molar-refractivity contribution in [2.24, 2.45) is 0 Å². The van der Waals surface area contributed by atoms with Gasteiger partial charge >= 0.3 is 0 Å². The molecule has 0 aliphatic heterocycles. The number of hydrogen-bond acceptors (Lipinski definition) is 0. The molecule has 0 N–H and O–H groups in total. The van der Waals surface area contributed by atoms with Gasteiger partial charge in [-0.3, -0.25) is 0 Å². The van der Waals surface area contributed by atoms with Crippen molar-refractivity contribution in [1.29, 1.82) is 0 Å². The van der Waals surface area contributed by atoms with E-state index < -0.39 is 0 Å². The molecule has 318 valence electrons. The van der Waals surface area contributed by atoms with E-state index in [0.29, 0.717) is 0 Å². The lowest BCUT2D eigenvalue weighted by atomic mass is 9.79. The lowest BCUT2D eigenvalue weighted by Crippen LogP contribution is -2.16. The summed E-state index contributed by atoms with van der Waals surface area (Å²) in [6.45, 7) is 19.1. The first-order chi connectivity index (χ1) is 31.7. The minimum Gasteiger partial charge on any atom is -0.0619 e. The smallest absolute Gasteiger partial charge is 0.0159 e. The van der Waals surface area contributed by atoms with Gasteiger partial charge in [0.25, 0.3) is 0 Å². The van der Waals surface area contributed by atoms with E-state index in [4.69, 9.17) is 0 Å². The summed E-state index contributed by atoms with van der Waals surface area (Å²) in [6, 6.07) is 69.9. The van der Waals surface area contributed by atoms with Gasteiger partial charge in [0, 0.05) is 21.7 Å². The maximum atomic E-state index is 2.48. The Labute approximate surface area is 390 Å². The van der Waals surface area contributed by atoms with Crippen molar-refractivity contribution >= 4 is 0 Å². The normalized spacial score (nSPS) is 16.4. The van der Waals surface area contributed by atoms with Gasteiger partial charge in [-0.2, -0.15) is 0 Å². The number of rotatable bonds is 4. The molecule has 13 rings (SSSR count). The van der Waals surface area contributed by atoms with Crippen LogP contribution in [0.1, 0.15) is 99.9 Å². The van der Waals surface area contributed by atoms with Crippen LogP contribution in [0.2, 0.25) is 0 Å². The molecule has 0 fully saturated rings. The van der Waals surface area contributed by atoms with Gasteiger partial charge in [-0.05, 0) is 170 Å².